The monoisotopic (exact) mass is 345 g/mol. The third-order valence-corrected chi connectivity index (χ3v) is 4.17. The third-order valence-electron chi connectivity index (χ3n) is 4.17. The Hall–Kier alpha value is -2.87. The van der Waals surface area contributed by atoms with Gasteiger partial charge in [0.2, 0.25) is 0 Å². The minimum Gasteiger partial charge on any atom is -0.465 e. The molecule has 2 heterocycles. The van der Waals surface area contributed by atoms with Crippen LogP contribution >= 0.6 is 0 Å². The van der Waals surface area contributed by atoms with Crippen LogP contribution in [0, 0.1) is 0 Å². The molecule has 0 saturated heterocycles. The fourth-order valence-electron chi connectivity index (χ4n) is 3.07. The number of carbonyl (C=O) groups is 3. The average molecular weight is 345 g/mol. The van der Waals surface area contributed by atoms with E-state index in [2.05, 4.69) is 15.4 Å². The van der Waals surface area contributed by atoms with Gasteiger partial charge in [0.15, 0.2) is 0 Å². The standard InChI is InChI=1S/C17H19N3O5/c1-9(21)7-20-8-12-13(15(20)22)14(19-17(24)18-12)10-3-5-11(6-4-10)16(23)25-2/h3-6,9,14,21H,7-8H2,1-2H3,(H2,18,19,24). The van der Waals surface area contributed by atoms with Gasteiger partial charge in [-0.05, 0) is 24.6 Å². The Morgan fingerprint density at radius 1 is 1.36 bits per heavy atom. The SMILES string of the molecule is COC(=O)c1ccc(C2NC(=O)NC3=C2C(=O)N(CC(C)O)C3)cc1. The van der Waals surface area contributed by atoms with Crippen LogP contribution in [0.5, 0.6) is 0 Å². The van der Waals surface area contributed by atoms with E-state index in [0.29, 0.717) is 22.4 Å². The molecular formula is C17H19N3O5. The van der Waals surface area contributed by atoms with Crippen LogP contribution in [-0.4, -0.2) is 54.2 Å². The predicted molar refractivity (Wildman–Crippen MR) is 87.5 cm³/mol. The Labute approximate surface area is 144 Å². The Bertz CT molecular complexity index is 754. The highest BCUT2D eigenvalue weighted by Gasteiger charge is 2.40. The number of amides is 3. The highest BCUT2D eigenvalue weighted by Crippen LogP contribution is 2.32. The third kappa shape index (κ3) is 3.20. The molecule has 2 atom stereocenters. The molecule has 3 rings (SSSR count). The van der Waals surface area contributed by atoms with Crippen molar-refractivity contribution in [2.24, 2.45) is 0 Å². The van der Waals surface area contributed by atoms with Crippen molar-refractivity contribution in [1.82, 2.24) is 15.5 Å². The molecule has 3 amide bonds. The van der Waals surface area contributed by atoms with Gasteiger partial charge in [-0.15, -0.1) is 0 Å². The van der Waals surface area contributed by atoms with E-state index in [1.165, 1.54) is 12.0 Å². The van der Waals surface area contributed by atoms with Crippen LogP contribution in [0.3, 0.4) is 0 Å². The minimum absolute atomic E-state index is 0.190. The number of rotatable bonds is 4. The lowest BCUT2D eigenvalue weighted by molar-refractivity contribution is -0.126. The number of methoxy groups -OCH3 is 1. The fourth-order valence-corrected chi connectivity index (χ4v) is 3.07. The summed E-state index contributed by atoms with van der Waals surface area (Å²) in [5, 5.41) is 14.9. The molecule has 3 N–H and O–H groups in total. The molecule has 132 valence electrons. The molecule has 0 aromatic heterocycles. The molecule has 1 aromatic carbocycles. The van der Waals surface area contributed by atoms with Crippen molar-refractivity contribution < 1.29 is 24.2 Å². The van der Waals surface area contributed by atoms with E-state index in [0.717, 1.165) is 0 Å². The first kappa shape index (κ1) is 17.0. The van der Waals surface area contributed by atoms with Crippen LogP contribution in [0.15, 0.2) is 35.5 Å². The number of esters is 1. The normalized spacial score (nSPS) is 20.8. The van der Waals surface area contributed by atoms with Crippen molar-refractivity contribution in [3.8, 4) is 0 Å². The summed E-state index contributed by atoms with van der Waals surface area (Å²) in [4.78, 5) is 37.7. The van der Waals surface area contributed by atoms with Crippen LogP contribution in [0.4, 0.5) is 4.79 Å². The summed E-state index contributed by atoms with van der Waals surface area (Å²) in [6.07, 6.45) is -0.660. The Kier molecular flexibility index (Phi) is 4.45. The summed E-state index contributed by atoms with van der Waals surface area (Å²) in [5.74, 6) is -0.689. The van der Waals surface area contributed by atoms with Gasteiger partial charge in [0.25, 0.3) is 5.91 Å². The van der Waals surface area contributed by atoms with E-state index >= 15 is 0 Å². The molecule has 0 bridgehead atoms. The molecular weight excluding hydrogens is 326 g/mol. The van der Waals surface area contributed by atoms with Crippen molar-refractivity contribution in [3.63, 3.8) is 0 Å². The van der Waals surface area contributed by atoms with E-state index in [-0.39, 0.29) is 19.0 Å². The predicted octanol–water partition coefficient (Wildman–Crippen LogP) is 0.304. The van der Waals surface area contributed by atoms with Crippen molar-refractivity contribution in [2.75, 3.05) is 20.2 Å². The molecule has 8 nitrogen and oxygen atoms in total. The van der Waals surface area contributed by atoms with Gasteiger partial charge in [-0.25, -0.2) is 9.59 Å². The molecule has 0 radical (unpaired) electrons. The summed E-state index contributed by atoms with van der Waals surface area (Å²) < 4.78 is 4.66. The summed E-state index contributed by atoms with van der Waals surface area (Å²) in [6.45, 7) is 2.05. The molecule has 2 aliphatic rings. The summed E-state index contributed by atoms with van der Waals surface area (Å²) in [6, 6.07) is 5.52. The van der Waals surface area contributed by atoms with Crippen molar-refractivity contribution >= 4 is 17.9 Å². The summed E-state index contributed by atoms with van der Waals surface area (Å²) in [7, 11) is 1.30. The number of nitrogens with zero attached hydrogens (tertiary/aromatic N) is 1. The van der Waals surface area contributed by atoms with Gasteiger partial charge in [-0.3, -0.25) is 4.79 Å². The number of hydrogen-bond donors (Lipinski definition) is 3. The first-order chi connectivity index (χ1) is 11.9. The molecule has 2 unspecified atom stereocenters. The number of aliphatic hydroxyl groups is 1. The van der Waals surface area contributed by atoms with Gasteiger partial charge in [0.1, 0.15) is 0 Å². The fraction of sp³-hybridized carbons (Fsp3) is 0.353. The Balaban J connectivity index is 1.90. The lowest BCUT2D eigenvalue weighted by atomic mass is 9.95. The topological polar surface area (TPSA) is 108 Å². The van der Waals surface area contributed by atoms with E-state index in [1.807, 2.05) is 0 Å². The first-order valence-corrected chi connectivity index (χ1v) is 7.87. The average Bonchev–Trinajstić information content (AvgIpc) is 2.88. The minimum atomic E-state index is -0.660. The molecule has 0 fully saturated rings. The second-order valence-corrected chi connectivity index (χ2v) is 6.07. The number of β-amino-alcohol motifs (C(OH)–C–C–N with tert-alkyl or cyclic N) is 1. The van der Waals surface area contributed by atoms with Gasteiger partial charge in [-0.1, -0.05) is 12.1 Å². The molecule has 0 saturated carbocycles. The molecule has 2 aliphatic heterocycles. The van der Waals surface area contributed by atoms with Crippen molar-refractivity contribution in [2.45, 2.75) is 19.1 Å². The van der Waals surface area contributed by atoms with Crippen LogP contribution < -0.4 is 10.6 Å². The maximum Gasteiger partial charge on any atom is 0.337 e. The van der Waals surface area contributed by atoms with Gasteiger partial charge in [0.05, 0.1) is 42.6 Å². The summed E-state index contributed by atoms with van der Waals surface area (Å²) in [5.41, 5.74) is 2.05. The number of ether oxygens (including phenoxy) is 1. The smallest absolute Gasteiger partial charge is 0.337 e. The highest BCUT2D eigenvalue weighted by atomic mass is 16.5. The molecule has 8 heteroatoms. The maximum absolute atomic E-state index is 12.7. The van der Waals surface area contributed by atoms with Gasteiger partial charge < -0.3 is 25.4 Å². The van der Waals surface area contributed by atoms with Crippen LogP contribution in [0.2, 0.25) is 0 Å². The van der Waals surface area contributed by atoms with Crippen molar-refractivity contribution in [1.29, 1.82) is 0 Å². The highest BCUT2D eigenvalue weighted by molar-refractivity contribution is 6.01. The summed E-state index contributed by atoms with van der Waals surface area (Å²) >= 11 is 0. The zero-order valence-electron chi connectivity index (χ0n) is 13.9. The van der Waals surface area contributed by atoms with Crippen LogP contribution in [0.25, 0.3) is 0 Å². The number of hydrogen-bond acceptors (Lipinski definition) is 5. The number of urea groups is 1. The number of aliphatic hydroxyl groups excluding tert-OH is 1. The van der Waals surface area contributed by atoms with Gasteiger partial charge in [-0.2, -0.15) is 0 Å². The maximum atomic E-state index is 12.7. The van der Waals surface area contributed by atoms with E-state index < -0.39 is 24.1 Å². The zero-order valence-corrected chi connectivity index (χ0v) is 13.9. The van der Waals surface area contributed by atoms with Gasteiger partial charge >= 0.3 is 12.0 Å². The Morgan fingerprint density at radius 3 is 2.64 bits per heavy atom. The van der Waals surface area contributed by atoms with Crippen LogP contribution in [0.1, 0.15) is 28.9 Å². The van der Waals surface area contributed by atoms with Crippen molar-refractivity contribution in [3.05, 3.63) is 46.7 Å². The number of benzene rings is 1. The van der Waals surface area contributed by atoms with E-state index in [1.54, 1.807) is 31.2 Å². The van der Waals surface area contributed by atoms with Gasteiger partial charge in [0, 0.05) is 6.54 Å². The van der Waals surface area contributed by atoms with E-state index in [4.69, 9.17) is 0 Å². The quantitative estimate of drug-likeness (QED) is 0.681. The molecule has 25 heavy (non-hydrogen) atoms. The lowest BCUT2D eigenvalue weighted by Gasteiger charge is -2.25. The second kappa shape index (κ2) is 6.56. The van der Waals surface area contributed by atoms with E-state index in [9.17, 15) is 19.5 Å². The number of carbonyl (C=O) groups excluding carboxylic acids is 3. The zero-order chi connectivity index (χ0) is 18.1. The molecule has 0 spiro atoms. The largest absolute Gasteiger partial charge is 0.465 e. The molecule has 1 aromatic rings. The first-order valence-electron chi connectivity index (χ1n) is 7.87. The lowest BCUT2D eigenvalue weighted by Crippen LogP contribution is -2.44. The second-order valence-electron chi connectivity index (χ2n) is 6.07. The Morgan fingerprint density at radius 2 is 2.04 bits per heavy atom. The number of nitrogens with one attached hydrogen (secondary N) is 2. The molecule has 0 aliphatic carbocycles. The van der Waals surface area contributed by atoms with Crippen LogP contribution in [-0.2, 0) is 9.53 Å².